The van der Waals surface area contributed by atoms with Crippen LogP contribution in [-0.4, -0.2) is 11.6 Å². The number of alkyl halides is 3. The molecule has 5 aromatic rings. The lowest BCUT2D eigenvalue weighted by Crippen LogP contribution is -2.30. The number of fused-ring (bicyclic) bond motifs is 4. The number of hydrogen-bond donors (Lipinski definition) is 0. The molecule has 0 bridgehead atoms. The van der Waals surface area contributed by atoms with Crippen LogP contribution in [0.25, 0.3) is 16.8 Å². The van der Waals surface area contributed by atoms with Gasteiger partial charge in [-0.25, -0.2) is 0 Å². The van der Waals surface area contributed by atoms with Gasteiger partial charge in [0.15, 0.2) is 11.6 Å². The van der Waals surface area contributed by atoms with Crippen LogP contribution in [0.1, 0.15) is 56.1 Å². The number of ketones is 2. The van der Waals surface area contributed by atoms with Gasteiger partial charge in [0.05, 0.1) is 22.5 Å². The Morgan fingerprint density at radius 3 is 2.12 bits per heavy atom. The molecule has 1 aliphatic heterocycles. The van der Waals surface area contributed by atoms with Crippen molar-refractivity contribution < 1.29 is 22.8 Å². The van der Waals surface area contributed by atoms with Gasteiger partial charge in [-0.3, -0.25) is 9.59 Å². The van der Waals surface area contributed by atoms with Gasteiger partial charge in [-0.15, -0.1) is 11.3 Å². The van der Waals surface area contributed by atoms with Crippen LogP contribution in [0.4, 0.5) is 29.5 Å². The number of rotatable bonds is 2. The Morgan fingerprint density at radius 2 is 1.41 bits per heavy atom. The van der Waals surface area contributed by atoms with E-state index in [4.69, 9.17) is 0 Å². The number of nitrogens with zero attached hydrogens (tertiary/aromatic N) is 1. The summed E-state index contributed by atoms with van der Waals surface area (Å²) in [5.74, 6) is -0.638. The summed E-state index contributed by atoms with van der Waals surface area (Å²) in [6.45, 7) is 3.83. The largest absolute Gasteiger partial charge is 0.416 e. The van der Waals surface area contributed by atoms with E-state index in [9.17, 15) is 22.8 Å². The van der Waals surface area contributed by atoms with Gasteiger partial charge in [0.2, 0.25) is 0 Å². The minimum Gasteiger partial charge on any atom is -0.301 e. The van der Waals surface area contributed by atoms with Crippen molar-refractivity contribution in [2.24, 2.45) is 0 Å². The van der Waals surface area contributed by atoms with E-state index in [0.29, 0.717) is 27.3 Å². The fraction of sp³-hybridized carbons (Fsp3) is 0.118. The van der Waals surface area contributed by atoms with Gasteiger partial charge in [-0.2, -0.15) is 13.2 Å². The molecule has 3 nitrogen and oxygen atoms in total. The highest BCUT2D eigenvalue weighted by Crippen LogP contribution is 2.56. The second kappa shape index (κ2) is 8.75. The summed E-state index contributed by atoms with van der Waals surface area (Å²) in [7, 11) is 0. The first kappa shape index (κ1) is 25.5. The van der Waals surface area contributed by atoms with Crippen molar-refractivity contribution in [2.45, 2.75) is 25.4 Å². The lowest BCUT2D eigenvalue weighted by atomic mass is 9.74. The molecule has 7 heteroatoms. The van der Waals surface area contributed by atoms with E-state index in [1.807, 2.05) is 67.3 Å². The van der Waals surface area contributed by atoms with E-state index < -0.39 is 17.2 Å². The monoisotopic (exact) mass is 565 g/mol. The fourth-order valence-electron chi connectivity index (χ4n) is 5.94. The van der Waals surface area contributed by atoms with Gasteiger partial charge in [0, 0.05) is 26.8 Å². The molecule has 0 fully saturated rings. The zero-order valence-electron chi connectivity index (χ0n) is 22.0. The molecule has 0 N–H and O–H groups in total. The standard InChI is InChI=1S/C34H22F3NO2S/c1-33(2)26-16-20(34(35,36)37)14-15-29(26)38(28-13-7-9-19-8-3-4-10-22(19)28)32-27(33)18-21(41-32)17-25-30(39)23-11-5-6-12-24(23)31(25)40/h3-18H,1-2H3. The molecule has 202 valence electrons. The highest BCUT2D eigenvalue weighted by molar-refractivity contribution is 7.17. The van der Waals surface area contributed by atoms with E-state index >= 15 is 0 Å². The molecule has 2 aliphatic rings. The molecule has 1 aliphatic carbocycles. The summed E-state index contributed by atoms with van der Waals surface area (Å²) in [5, 5.41) is 2.79. The maximum absolute atomic E-state index is 13.9. The number of carbonyl (C=O) groups is 2. The summed E-state index contributed by atoms with van der Waals surface area (Å²) in [6.07, 6.45) is -2.87. The molecule has 1 aromatic heterocycles. The van der Waals surface area contributed by atoms with Gasteiger partial charge < -0.3 is 4.90 Å². The van der Waals surface area contributed by atoms with Crippen LogP contribution in [0.3, 0.4) is 0 Å². The number of anilines is 3. The fourth-order valence-corrected chi connectivity index (χ4v) is 7.22. The van der Waals surface area contributed by atoms with E-state index in [2.05, 4.69) is 0 Å². The van der Waals surface area contributed by atoms with Crippen molar-refractivity contribution in [3.05, 3.63) is 129 Å². The average Bonchev–Trinajstić information content (AvgIpc) is 3.49. The molecule has 0 atom stereocenters. The van der Waals surface area contributed by atoms with E-state index in [0.717, 1.165) is 33.1 Å². The van der Waals surface area contributed by atoms with Crippen molar-refractivity contribution in [3.8, 4) is 0 Å². The average molecular weight is 566 g/mol. The quantitative estimate of drug-likeness (QED) is 0.158. The maximum Gasteiger partial charge on any atom is 0.416 e. The van der Waals surface area contributed by atoms with Crippen LogP contribution in [0.15, 0.2) is 96.6 Å². The third kappa shape index (κ3) is 3.79. The van der Waals surface area contributed by atoms with E-state index in [-0.39, 0.29) is 17.1 Å². The van der Waals surface area contributed by atoms with Crippen LogP contribution in [-0.2, 0) is 11.6 Å². The van der Waals surface area contributed by atoms with Crippen molar-refractivity contribution in [1.82, 2.24) is 0 Å². The normalized spacial score (nSPS) is 15.6. The van der Waals surface area contributed by atoms with Crippen molar-refractivity contribution >= 4 is 56.1 Å². The van der Waals surface area contributed by atoms with Crippen LogP contribution in [0, 0.1) is 0 Å². The molecule has 0 amide bonds. The number of carbonyl (C=O) groups excluding carboxylic acids is 2. The van der Waals surface area contributed by atoms with E-state index in [1.54, 1.807) is 36.4 Å². The third-order valence-corrected chi connectivity index (χ3v) is 9.11. The van der Waals surface area contributed by atoms with Crippen LogP contribution < -0.4 is 4.90 Å². The van der Waals surface area contributed by atoms with Gasteiger partial charge in [-0.05, 0) is 52.9 Å². The smallest absolute Gasteiger partial charge is 0.301 e. The van der Waals surface area contributed by atoms with Crippen LogP contribution >= 0.6 is 11.3 Å². The number of halogens is 3. The van der Waals surface area contributed by atoms with Gasteiger partial charge in [0.25, 0.3) is 0 Å². The first-order valence-electron chi connectivity index (χ1n) is 13.1. The number of benzene rings is 4. The molecule has 7 rings (SSSR count). The maximum atomic E-state index is 13.9. The highest BCUT2D eigenvalue weighted by atomic mass is 32.1. The third-order valence-electron chi connectivity index (χ3n) is 8.05. The molecule has 0 unspecified atom stereocenters. The molecule has 0 spiro atoms. The Hall–Kier alpha value is -4.49. The van der Waals surface area contributed by atoms with Gasteiger partial charge >= 0.3 is 6.18 Å². The Kier molecular flexibility index (Phi) is 5.44. The molecule has 2 heterocycles. The number of thiophene rings is 1. The minimum absolute atomic E-state index is 0.0937. The molecule has 4 aromatic carbocycles. The Labute approximate surface area is 238 Å². The molecule has 0 saturated heterocycles. The summed E-state index contributed by atoms with van der Waals surface area (Å²) < 4.78 is 41.6. The SMILES string of the molecule is CC1(C)c2cc(C(F)(F)F)ccc2N(c2cccc3ccccc23)c2sc(C=C3C(=O)c4ccccc4C3=O)cc21. The van der Waals surface area contributed by atoms with Crippen molar-refractivity contribution in [2.75, 3.05) is 4.90 Å². The number of allylic oxidation sites excluding steroid dienone is 1. The highest BCUT2D eigenvalue weighted by Gasteiger charge is 2.42. The van der Waals surface area contributed by atoms with Crippen molar-refractivity contribution in [3.63, 3.8) is 0 Å². The first-order chi connectivity index (χ1) is 19.6. The summed E-state index contributed by atoms with van der Waals surface area (Å²) in [5.41, 5.74) is 2.24. The number of Topliss-reactive ketones (excluding diaryl/α,β-unsaturated/α-hetero) is 2. The molecular weight excluding hydrogens is 543 g/mol. The Bertz CT molecular complexity index is 1920. The summed E-state index contributed by atoms with van der Waals surface area (Å²) in [4.78, 5) is 28.9. The van der Waals surface area contributed by atoms with Gasteiger partial charge in [-0.1, -0.05) is 74.5 Å². The topological polar surface area (TPSA) is 37.4 Å². The summed E-state index contributed by atoms with van der Waals surface area (Å²) in [6, 6.07) is 26.4. The van der Waals surface area contributed by atoms with E-state index in [1.165, 1.54) is 17.4 Å². The zero-order chi connectivity index (χ0) is 28.7. The second-order valence-corrected chi connectivity index (χ2v) is 11.9. The molecule has 0 radical (unpaired) electrons. The molecule has 41 heavy (non-hydrogen) atoms. The minimum atomic E-state index is -4.49. The number of hydrogen-bond acceptors (Lipinski definition) is 4. The van der Waals surface area contributed by atoms with Crippen molar-refractivity contribution in [1.29, 1.82) is 0 Å². The lowest BCUT2D eigenvalue weighted by molar-refractivity contribution is -0.137. The van der Waals surface area contributed by atoms with Gasteiger partial charge in [0.1, 0.15) is 5.00 Å². The first-order valence-corrected chi connectivity index (χ1v) is 13.9. The lowest BCUT2D eigenvalue weighted by Gasteiger charge is -2.40. The van der Waals surface area contributed by atoms with Crippen LogP contribution in [0.5, 0.6) is 0 Å². The predicted molar refractivity (Wildman–Crippen MR) is 157 cm³/mol. The molecule has 0 saturated carbocycles. The molecular formula is C34H22F3NO2S. The summed E-state index contributed by atoms with van der Waals surface area (Å²) >= 11 is 1.41. The second-order valence-electron chi connectivity index (χ2n) is 10.8. The Morgan fingerprint density at radius 1 is 0.756 bits per heavy atom. The van der Waals surface area contributed by atoms with Crippen LogP contribution in [0.2, 0.25) is 0 Å². The predicted octanol–water partition coefficient (Wildman–Crippen LogP) is 9.49. The Balaban J connectivity index is 1.47. The zero-order valence-corrected chi connectivity index (χ0v) is 22.9.